The van der Waals surface area contributed by atoms with Crippen molar-refractivity contribution in [3.8, 4) is 0 Å². The van der Waals surface area contributed by atoms with E-state index in [1.165, 1.54) is 0 Å². The Hall–Kier alpha value is -0.0800. The van der Waals surface area contributed by atoms with E-state index in [9.17, 15) is 0 Å². The van der Waals surface area contributed by atoms with E-state index < -0.39 is 0 Å². The van der Waals surface area contributed by atoms with Crippen LogP contribution in [0.2, 0.25) is 0 Å². The summed E-state index contributed by atoms with van der Waals surface area (Å²) >= 11 is 0. The SMILES string of the molecule is CC[C@H](N)C1CCOCC1. The standard InChI is InChI=1S/C8H17NO/c1-2-8(9)7-3-5-10-6-4-7/h7-8H,2-6,9H2,1H3/t8-/m0/s1. The van der Waals surface area contributed by atoms with Crippen LogP contribution in [0.1, 0.15) is 26.2 Å². The molecule has 0 aromatic carbocycles. The van der Waals surface area contributed by atoms with Crippen molar-refractivity contribution in [1.29, 1.82) is 0 Å². The third-order valence-corrected chi connectivity index (χ3v) is 2.34. The molecule has 1 aliphatic heterocycles. The molecule has 0 aromatic rings. The largest absolute Gasteiger partial charge is 0.381 e. The monoisotopic (exact) mass is 143 g/mol. The average molecular weight is 143 g/mol. The van der Waals surface area contributed by atoms with E-state index >= 15 is 0 Å². The van der Waals surface area contributed by atoms with Gasteiger partial charge in [0.25, 0.3) is 0 Å². The number of rotatable bonds is 2. The van der Waals surface area contributed by atoms with Gasteiger partial charge < -0.3 is 10.5 Å². The number of hydrogen-bond acceptors (Lipinski definition) is 2. The number of ether oxygens (including phenoxy) is 1. The molecule has 1 saturated heterocycles. The van der Waals surface area contributed by atoms with E-state index in [1.54, 1.807) is 0 Å². The van der Waals surface area contributed by atoms with Gasteiger partial charge in [-0.2, -0.15) is 0 Å². The minimum Gasteiger partial charge on any atom is -0.381 e. The van der Waals surface area contributed by atoms with E-state index in [-0.39, 0.29) is 0 Å². The first-order chi connectivity index (χ1) is 4.84. The Labute approximate surface area is 62.7 Å². The smallest absolute Gasteiger partial charge is 0.0469 e. The predicted molar refractivity (Wildman–Crippen MR) is 41.8 cm³/mol. The van der Waals surface area contributed by atoms with Crippen molar-refractivity contribution in [1.82, 2.24) is 0 Å². The van der Waals surface area contributed by atoms with Crippen LogP contribution in [-0.4, -0.2) is 19.3 Å². The molecule has 1 fully saturated rings. The maximum atomic E-state index is 5.89. The molecule has 0 saturated carbocycles. The Kier molecular flexibility index (Phi) is 3.16. The highest BCUT2D eigenvalue weighted by Gasteiger charge is 2.18. The molecule has 1 aliphatic rings. The molecule has 0 aromatic heterocycles. The topological polar surface area (TPSA) is 35.2 Å². The fraction of sp³-hybridized carbons (Fsp3) is 1.00. The Bertz CT molecular complexity index is 89.3. The second-order valence-electron chi connectivity index (χ2n) is 3.02. The Morgan fingerprint density at radius 2 is 2.10 bits per heavy atom. The summed E-state index contributed by atoms with van der Waals surface area (Å²) in [5.41, 5.74) is 5.89. The van der Waals surface area contributed by atoms with Crippen molar-refractivity contribution in [2.24, 2.45) is 11.7 Å². The van der Waals surface area contributed by atoms with Gasteiger partial charge in [0.15, 0.2) is 0 Å². The molecule has 1 heterocycles. The normalized spacial score (nSPS) is 24.6. The number of hydrogen-bond donors (Lipinski definition) is 1. The van der Waals surface area contributed by atoms with E-state index in [1.807, 2.05) is 0 Å². The third kappa shape index (κ3) is 1.96. The van der Waals surface area contributed by atoms with Crippen LogP contribution < -0.4 is 5.73 Å². The summed E-state index contributed by atoms with van der Waals surface area (Å²) in [5.74, 6) is 0.721. The summed E-state index contributed by atoms with van der Waals surface area (Å²) in [6.07, 6.45) is 3.43. The van der Waals surface area contributed by atoms with Gasteiger partial charge in [0.1, 0.15) is 0 Å². The highest BCUT2D eigenvalue weighted by Crippen LogP contribution is 2.18. The third-order valence-electron chi connectivity index (χ3n) is 2.34. The molecule has 1 rings (SSSR count). The predicted octanol–water partition coefficient (Wildman–Crippen LogP) is 1.15. The summed E-state index contributed by atoms with van der Waals surface area (Å²) in [6.45, 7) is 3.98. The van der Waals surface area contributed by atoms with Crippen molar-refractivity contribution in [3.05, 3.63) is 0 Å². The highest BCUT2D eigenvalue weighted by molar-refractivity contribution is 4.73. The van der Waals surface area contributed by atoms with E-state index in [0.717, 1.165) is 38.4 Å². The Morgan fingerprint density at radius 3 is 2.60 bits per heavy atom. The fourth-order valence-corrected chi connectivity index (χ4v) is 1.48. The summed E-state index contributed by atoms with van der Waals surface area (Å²) in [7, 11) is 0. The molecule has 0 spiro atoms. The van der Waals surface area contributed by atoms with Gasteiger partial charge in [-0.1, -0.05) is 6.92 Å². The lowest BCUT2D eigenvalue weighted by Gasteiger charge is -2.26. The van der Waals surface area contributed by atoms with Gasteiger partial charge in [0, 0.05) is 19.3 Å². The van der Waals surface area contributed by atoms with Crippen LogP contribution in [0, 0.1) is 5.92 Å². The van der Waals surface area contributed by atoms with Crippen LogP contribution in [-0.2, 0) is 4.74 Å². The van der Waals surface area contributed by atoms with Crippen LogP contribution >= 0.6 is 0 Å². The molecule has 0 unspecified atom stereocenters. The summed E-state index contributed by atoms with van der Waals surface area (Å²) in [6, 6.07) is 0.406. The van der Waals surface area contributed by atoms with Gasteiger partial charge in [-0.15, -0.1) is 0 Å². The molecule has 2 N–H and O–H groups in total. The van der Waals surface area contributed by atoms with Gasteiger partial charge in [-0.05, 0) is 25.2 Å². The molecule has 10 heavy (non-hydrogen) atoms. The second-order valence-corrected chi connectivity index (χ2v) is 3.02. The maximum absolute atomic E-state index is 5.89. The van der Waals surface area contributed by atoms with Crippen molar-refractivity contribution in [2.75, 3.05) is 13.2 Å². The first-order valence-electron chi connectivity index (χ1n) is 4.18. The number of nitrogens with two attached hydrogens (primary N) is 1. The zero-order valence-electron chi connectivity index (χ0n) is 6.68. The molecular weight excluding hydrogens is 126 g/mol. The van der Waals surface area contributed by atoms with Gasteiger partial charge >= 0.3 is 0 Å². The zero-order chi connectivity index (χ0) is 7.40. The molecule has 0 aliphatic carbocycles. The molecule has 2 nitrogen and oxygen atoms in total. The lowest BCUT2D eigenvalue weighted by atomic mass is 9.91. The van der Waals surface area contributed by atoms with Crippen molar-refractivity contribution >= 4 is 0 Å². The van der Waals surface area contributed by atoms with Crippen LogP contribution in [0.5, 0.6) is 0 Å². The lowest BCUT2D eigenvalue weighted by molar-refractivity contribution is 0.0581. The summed E-state index contributed by atoms with van der Waals surface area (Å²) in [5, 5.41) is 0. The molecule has 60 valence electrons. The van der Waals surface area contributed by atoms with Gasteiger partial charge in [0.05, 0.1) is 0 Å². The minimum absolute atomic E-state index is 0.406. The van der Waals surface area contributed by atoms with Crippen LogP contribution in [0.25, 0.3) is 0 Å². The first-order valence-corrected chi connectivity index (χ1v) is 4.18. The Balaban J connectivity index is 2.24. The van der Waals surface area contributed by atoms with Gasteiger partial charge in [-0.25, -0.2) is 0 Å². The van der Waals surface area contributed by atoms with Gasteiger partial charge in [0.2, 0.25) is 0 Å². The molecular formula is C8H17NO. The first kappa shape index (κ1) is 8.02. The molecule has 0 bridgehead atoms. The molecule has 1 atom stereocenters. The van der Waals surface area contributed by atoms with Gasteiger partial charge in [-0.3, -0.25) is 0 Å². The Morgan fingerprint density at radius 1 is 1.50 bits per heavy atom. The fourth-order valence-electron chi connectivity index (χ4n) is 1.48. The van der Waals surface area contributed by atoms with Crippen molar-refractivity contribution in [3.63, 3.8) is 0 Å². The van der Waals surface area contributed by atoms with E-state index in [0.29, 0.717) is 6.04 Å². The van der Waals surface area contributed by atoms with Crippen LogP contribution in [0.3, 0.4) is 0 Å². The van der Waals surface area contributed by atoms with Crippen LogP contribution in [0.4, 0.5) is 0 Å². The van der Waals surface area contributed by atoms with Crippen molar-refractivity contribution < 1.29 is 4.74 Å². The van der Waals surface area contributed by atoms with E-state index in [2.05, 4.69) is 6.92 Å². The average Bonchev–Trinajstić information content (AvgIpc) is 2.05. The molecule has 2 heteroatoms. The zero-order valence-corrected chi connectivity index (χ0v) is 6.68. The van der Waals surface area contributed by atoms with Crippen LogP contribution in [0.15, 0.2) is 0 Å². The minimum atomic E-state index is 0.406. The van der Waals surface area contributed by atoms with E-state index in [4.69, 9.17) is 10.5 Å². The second kappa shape index (κ2) is 3.94. The summed E-state index contributed by atoms with van der Waals surface area (Å²) < 4.78 is 5.24. The summed E-state index contributed by atoms with van der Waals surface area (Å²) in [4.78, 5) is 0. The lowest BCUT2D eigenvalue weighted by Crippen LogP contribution is -2.33. The quantitative estimate of drug-likeness (QED) is 0.629. The highest BCUT2D eigenvalue weighted by atomic mass is 16.5. The molecule has 0 radical (unpaired) electrons. The van der Waals surface area contributed by atoms with Crippen molar-refractivity contribution in [2.45, 2.75) is 32.2 Å². The maximum Gasteiger partial charge on any atom is 0.0469 e. The molecule has 0 amide bonds.